The highest BCUT2D eigenvalue weighted by Gasteiger charge is 2.45. The monoisotopic (exact) mass is 278 g/mol. The summed E-state index contributed by atoms with van der Waals surface area (Å²) in [5, 5.41) is 3.85. The van der Waals surface area contributed by atoms with Crippen LogP contribution in [0.5, 0.6) is 0 Å². The van der Waals surface area contributed by atoms with E-state index in [0.717, 1.165) is 11.4 Å². The van der Waals surface area contributed by atoms with Crippen LogP contribution in [0.4, 0.5) is 0 Å². The number of amides is 1. The Balaban J connectivity index is 1.58. The molecule has 102 valence electrons. The molecule has 0 saturated heterocycles. The largest absolute Gasteiger partial charge is 0.352 e. The Bertz CT molecular complexity index is 487. The number of hydrogen-bond donors (Lipinski definition) is 2. The first-order valence-corrected chi connectivity index (χ1v) is 7.32. The van der Waals surface area contributed by atoms with E-state index in [1.807, 2.05) is 24.3 Å². The van der Waals surface area contributed by atoms with Gasteiger partial charge in [-0.2, -0.15) is 0 Å². The summed E-state index contributed by atoms with van der Waals surface area (Å²) in [5.41, 5.74) is 6.89. The van der Waals surface area contributed by atoms with Gasteiger partial charge in [0.2, 0.25) is 5.91 Å². The molecule has 1 aromatic rings. The van der Waals surface area contributed by atoms with Crippen molar-refractivity contribution in [2.45, 2.75) is 31.2 Å². The minimum absolute atomic E-state index is 0.103. The van der Waals surface area contributed by atoms with Crippen molar-refractivity contribution in [3.05, 3.63) is 34.9 Å². The molecule has 3 rings (SSSR count). The van der Waals surface area contributed by atoms with Crippen molar-refractivity contribution < 1.29 is 4.79 Å². The first-order valence-electron chi connectivity index (χ1n) is 6.95. The molecule has 0 aromatic heterocycles. The van der Waals surface area contributed by atoms with Gasteiger partial charge in [-0.1, -0.05) is 23.7 Å². The van der Waals surface area contributed by atoms with Gasteiger partial charge in [-0.05, 0) is 48.8 Å². The first kappa shape index (κ1) is 12.9. The van der Waals surface area contributed by atoms with Crippen LogP contribution in [-0.4, -0.2) is 18.5 Å². The average molecular weight is 279 g/mol. The van der Waals surface area contributed by atoms with Gasteiger partial charge in [0.1, 0.15) is 0 Å². The molecule has 2 aliphatic rings. The summed E-state index contributed by atoms with van der Waals surface area (Å²) in [6.45, 7) is 0.547. The van der Waals surface area contributed by atoms with E-state index in [4.69, 9.17) is 17.3 Å². The maximum Gasteiger partial charge on any atom is 0.224 e. The highest BCUT2D eigenvalue weighted by atomic mass is 35.5. The van der Waals surface area contributed by atoms with Crippen molar-refractivity contribution >= 4 is 17.5 Å². The molecule has 0 radical (unpaired) electrons. The van der Waals surface area contributed by atoms with Crippen LogP contribution < -0.4 is 11.1 Å². The lowest BCUT2D eigenvalue weighted by atomic mass is 10.1. The number of hydrogen-bond acceptors (Lipinski definition) is 2. The Hall–Kier alpha value is -1.06. The second kappa shape index (κ2) is 5.14. The fraction of sp³-hybridized carbons (Fsp3) is 0.533. The molecule has 0 heterocycles. The van der Waals surface area contributed by atoms with Gasteiger partial charge in [-0.25, -0.2) is 0 Å². The van der Waals surface area contributed by atoms with Gasteiger partial charge in [0.25, 0.3) is 0 Å². The summed E-state index contributed by atoms with van der Waals surface area (Å²) in [5.74, 6) is 1.20. The second-order valence-corrected chi connectivity index (χ2v) is 6.13. The fourth-order valence-electron chi connectivity index (χ4n) is 2.75. The van der Waals surface area contributed by atoms with Crippen molar-refractivity contribution in [2.75, 3.05) is 6.54 Å². The van der Waals surface area contributed by atoms with Gasteiger partial charge >= 0.3 is 0 Å². The molecule has 2 saturated carbocycles. The molecule has 4 heteroatoms. The molecular weight excluding hydrogens is 260 g/mol. The minimum Gasteiger partial charge on any atom is -0.352 e. The molecular formula is C15H19ClN2O. The second-order valence-electron chi connectivity index (χ2n) is 5.69. The average Bonchev–Trinajstić information content (AvgIpc) is 3.28. The zero-order chi connectivity index (χ0) is 13.4. The lowest BCUT2D eigenvalue weighted by Gasteiger charge is -2.16. The van der Waals surface area contributed by atoms with E-state index in [9.17, 15) is 4.79 Å². The Kier molecular flexibility index (Phi) is 3.50. The number of rotatable bonds is 5. The van der Waals surface area contributed by atoms with Crippen molar-refractivity contribution in [3.63, 3.8) is 0 Å². The van der Waals surface area contributed by atoms with Gasteiger partial charge in [0.05, 0.1) is 0 Å². The molecule has 3 unspecified atom stereocenters. The molecule has 19 heavy (non-hydrogen) atoms. The van der Waals surface area contributed by atoms with Gasteiger partial charge in [-0.15, -0.1) is 0 Å². The van der Waals surface area contributed by atoms with E-state index in [1.165, 1.54) is 18.4 Å². The number of benzene rings is 1. The number of halogens is 1. The maximum absolute atomic E-state index is 12.2. The Morgan fingerprint density at radius 2 is 2.26 bits per heavy atom. The first-order chi connectivity index (χ1) is 9.19. The highest BCUT2D eigenvalue weighted by molar-refractivity contribution is 6.30. The zero-order valence-electron chi connectivity index (χ0n) is 10.8. The summed E-state index contributed by atoms with van der Waals surface area (Å²) in [6.07, 6.45) is 3.32. The predicted molar refractivity (Wildman–Crippen MR) is 76.0 cm³/mol. The molecule has 0 aliphatic heterocycles. The number of carbonyl (C=O) groups is 1. The summed E-state index contributed by atoms with van der Waals surface area (Å²) in [4.78, 5) is 12.2. The van der Waals surface area contributed by atoms with Gasteiger partial charge < -0.3 is 11.1 Å². The van der Waals surface area contributed by atoms with Crippen LogP contribution in [0.15, 0.2) is 24.3 Å². The summed E-state index contributed by atoms with van der Waals surface area (Å²) in [7, 11) is 0. The van der Waals surface area contributed by atoms with Crippen molar-refractivity contribution in [3.8, 4) is 0 Å². The molecule has 2 fully saturated rings. The smallest absolute Gasteiger partial charge is 0.224 e. The molecule has 2 aliphatic carbocycles. The molecule has 0 spiro atoms. The van der Waals surface area contributed by atoms with Gasteiger partial charge in [0, 0.05) is 23.5 Å². The van der Waals surface area contributed by atoms with Crippen LogP contribution in [0.25, 0.3) is 0 Å². The van der Waals surface area contributed by atoms with Crippen molar-refractivity contribution in [1.82, 2.24) is 5.32 Å². The molecule has 3 N–H and O–H groups in total. The van der Waals surface area contributed by atoms with Crippen molar-refractivity contribution in [1.29, 1.82) is 0 Å². The third kappa shape index (κ3) is 2.93. The van der Waals surface area contributed by atoms with Crippen LogP contribution in [0.3, 0.4) is 0 Å². The van der Waals surface area contributed by atoms with Crippen molar-refractivity contribution in [2.24, 2.45) is 17.6 Å². The normalized spacial score (nSPS) is 26.8. The number of carbonyl (C=O) groups excluding carboxylic acids is 1. The van der Waals surface area contributed by atoms with Gasteiger partial charge in [-0.3, -0.25) is 4.79 Å². The molecule has 3 nitrogen and oxygen atoms in total. The van der Waals surface area contributed by atoms with E-state index >= 15 is 0 Å². The fourth-order valence-corrected chi connectivity index (χ4v) is 2.95. The predicted octanol–water partition coefficient (Wildman–Crippen LogP) is 2.30. The standard InChI is InChI=1S/C15H19ClN2O/c16-11-3-1-2-10(6-11)12-7-13(12)15(19)18-14(8-17)9-4-5-9/h1-3,6,9,12-14H,4-5,7-8,17H2,(H,18,19). The van der Waals surface area contributed by atoms with Crippen LogP contribution in [-0.2, 0) is 4.79 Å². The summed E-state index contributed by atoms with van der Waals surface area (Å²) >= 11 is 5.98. The van der Waals surface area contributed by atoms with Crippen LogP contribution >= 0.6 is 11.6 Å². The van der Waals surface area contributed by atoms with E-state index in [2.05, 4.69) is 5.32 Å². The van der Waals surface area contributed by atoms with E-state index in [1.54, 1.807) is 0 Å². The summed E-state index contributed by atoms with van der Waals surface area (Å²) in [6, 6.07) is 7.98. The molecule has 3 atom stereocenters. The van der Waals surface area contributed by atoms with E-state index in [0.29, 0.717) is 18.4 Å². The molecule has 1 amide bonds. The van der Waals surface area contributed by atoms with Crippen LogP contribution in [0.2, 0.25) is 5.02 Å². The molecule has 0 bridgehead atoms. The third-order valence-corrected chi connectivity index (χ3v) is 4.41. The topological polar surface area (TPSA) is 55.1 Å². The highest BCUT2D eigenvalue weighted by Crippen LogP contribution is 2.48. The van der Waals surface area contributed by atoms with E-state index < -0.39 is 0 Å². The third-order valence-electron chi connectivity index (χ3n) is 4.18. The zero-order valence-corrected chi connectivity index (χ0v) is 11.6. The Morgan fingerprint density at radius 3 is 2.89 bits per heavy atom. The lowest BCUT2D eigenvalue weighted by molar-refractivity contribution is -0.123. The van der Waals surface area contributed by atoms with E-state index in [-0.39, 0.29) is 17.9 Å². The lowest BCUT2D eigenvalue weighted by Crippen LogP contribution is -2.42. The maximum atomic E-state index is 12.2. The van der Waals surface area contributed by atoms with Crippen LogP contribution in [0, 0.1) is 11.8 Å². The Morgan fingerprint density at radius 1 is 1.47 bits per heavy atom. The van der Waals surface area contributed by atoms with Gasteiger partial charge in [0.15, 0.2) is 0 Å². The number of nitrogens with two attached hydrogens (primary N) is 1. The number of nitrogens with one attached hydrogen (secondary N) is 1. The Labute approximate surface area is 118 Å². The molecule has 1 aromatic carbocycles. The quantitative estimate of drug-likeness (QED) is 0.868. The van der Waals surface area contributed by atoms with Crippen LogP contribution in [0.1, 0.15) is 30.7 Å². The minimum atomic E-state index is 0.103. The SMILES string of the molecule is NCC(NC(=O)C1CC1c1cccc(Cl)c1)C1CC1. The summed E-state index contributed by atoms with van der Waals surface area (Å²) < 4.78 is 0.